The number of carbonyl (C=O) groups is 2. The summed E-state index contributed by atoms with van der Waals surface area (Å²) >= 11 is 3.51. The Bertz CT molecular complexity index is 1800. The van der Waals surface area contributed by atoms with E-state index in [9.17, 15) is 9.59 Å². The van der Waals surface area contributed by atoms with Crippen LogP contribution in [0.3, 0.4) is 0 Å². The molecular formula is C41H52N4O5S2. The topological polar surface area (TPSA) is 125 Å². The van der Waals surface area contributed by atoms with E-state index in [1.54, 1.807) is 23.5 Å². The number of nitrogens with zero attached hydrogens (tertiary/aromatic N) is 2. The number of thioether (sulfide) groups is 2. The van der Waals surface area contributed by atoms with Gasteiger partial charge in [0.15, 0.2) is 0 Å². The Balaban J connectivity index is 0.000000183. The summed E-state index contributed by atoms with van der Waals surface area (Å²) in [6, 6.07) is 13.1. The minimum absolute atomic E-state index is 0.0447. The summed E-state index contributed by atoms with van der Waals surface area (Å²) in [6.45, 7) is 13.6. The van der Waals surface area contributed by atoms with Gasteiger partial charge >= 0.3 is 11.9 Å². The first-order valence-electron chi connectivity index (χ1n) is 18.3. The lowest BCUT2D eigenvalue weighted by atomic mass is 9.97. The van der Waals surface area contributed by atoms with Crippen LogP contribution in [0.15, 0.2) is 57.5 Å². The molecular weight excluding hydrogens is 693 g/mol. The Hall–Kier alpha value is -3.54. The van der Waals surface area contributed by atoms with Gasteiger partial charge in [0.25, 0.3) is 0 Å². The Kier molecular flexibility index (Phi) is 11.9. The summed E-state index contributed by atoms with van der Waals surface area (Å²) in [4.78, 5) is 33.4. The van der Waals surface area contributed by atoms with Crippen molar-refractivity contribution >= 4 is 69.1 Å². The van der Waals surface area contributed by atoms with Crippen molar-refractivity contribution in [3.8, 4) is 0 Å². The van der Waals surface area contributed by atoms with E-state index in [4.69, 9.17) is 29.9 Å². The fourth-order valence-electron chi connectivity index (χ4n) is 6.36. The van der Waals surface area contributed by atoms with Crippen LogP contribution in [0.5, 0.6) is 0 Å². The number of nitrogens with one attached hydrogen (secondary N) is 1. The lowest BCUT2D eigenvalue weighted by Crippen LogP contribution is -2.28. The second kappa shape index (κ2) is 16.2. The lowest BCUT2D eigenvalue weighted by Gasteiger charge is -2.25. The molecule has 0 bridgehead atoms. The third kappa shape index (κ3) is 9.51. The standard InChI is InChI=1S/C23H30N2O3S.C18H22N2O2S/c1-23(2,3)22(26)28-13-18-14-29-21(25-18)16-11-15-5-4-6-20(19(15)12-16)24-17-7-9-27-10-8-17;1-18(2,3)17(21)22-9-13-10-23-16(20-13)12-7-11-5-4-6-15(19)14(11)8-12/h4-6,11,17-18,24H,7-10,12-14H2,1-3H3;4-7,13H,8-10,19H2,1-3H3/t18-;13-/m11/s1. The monoisotopic (exact) mass is 744 g/mol. The number of carbonyl (C=O) groups excluding carboxylic acids is 2. The van der Waals surface area contributed by atoms with Crippen molar-refractivity contribution in [3.63, 3.8) is 0 Å². The predicted octanol–water partition coefficient (Wildman–Crippen LogP) is 7.63. The van der Waals surface area contributed by atoms with Crippen LogP contribution in [-0.4, -0.2) is 78.1 Å². The van der Waals surface area contributed by atoms with E-state index in [1.165, 1.54) is 39.1 Å². The van der Waals surface area contributed by atoms with Crippen molar-refractivity contribution in [2.45, 2.75) is 85.4 Å². The minimum Gasteiger partial charge on any atom is -0.463 e. The number of fused-ring (bicyclic) bond motifs is 2. The van der Waals surface area contributed by atoms with Gasteiger partial charge in [0, 0.05) is 55.0 Å². The summed E-state index contributed by atoms with van der Waals surface area (Å²) in [6.07, 6.45) is 8.29. The van der Waals surface area contributed by atoms with Crippen LogP contribution in [0.2, 0.25) is 0 Å². The van der Waals surface area contributed by atoms with Crippen molar-refractivity contribution in [1.29, 1.82) is 0 Å². The Morgan fingerprint density at radius 1 is 0.788 bits per heavy atom. The highest BCUT2D eigenvalue weighted by molar-refractivity contribution is 8.15. The number of esters is 2. The molecule has 0 saturated carbocycles. The molecule has 0 unspecified atom stereocenters. The Morgan fingerprint density at radius 3 is 1.81 bits per heavy atom. The van der Waals surface area contributed by atoms with E-state index in [2.05, 4.69) is 41.7 Å². The number of hydrogen-bond donors (Lipinski definition) is 2. The molecule has 3 aliphatic heterocycles. The summed E-state index contributed by atoms with van der Waals surface area (Å²) in [5.41, 5.74) is 14.7. The minimum atomic E-state index is -0.470. The van der Waals surface area contributed by atoms with Gasteiger partial charge in [-0.25, -0.2) is 0 Å². The molecule has 3 heterocycles. The molecule has 0 amide bonds. The molecule has 3 N–H and O–H groups in total. The van der Waals surface area contributed by atoms with Gasteiger partial charge in [-0.15, -0.1) is 23.5 Å². The van der Waals surface area contributed by atoms with Gasteiger partial charge in [-0.2, -0.15) is 0 Å². The van der Waals surface area contributed by atoms with Crippen LogP contribution in [0.4, 0.5) is 11.4 Å². The molecule has 11 heteroatoms. The molecule has 5 aliphatic rings. The first-order chi connectivity index (χ1) is 24.7. The second-order valence-electron chi connectivity index (χ2n) is 16.0. The van der Waals surface area contributed by atoms with Gasteiger partial charge in [0.2, 0.25) is 0 Å². The maximum Gasteiger partial charge on any atom is 0.311 e. The molecule has 2 aromatic rings. The van der Waals surface area contributed by atoms with Crippen molar-refractivity contribution in [2.75, 3.05) is 49.0 Å². The zero-order valence-corrected chi connectivity index (χ0v) is 32.9. The van der Waals surface area contributed by atoms with Crippen LogP contribution < -0.4 is 11.1 Å². The average Bonchev–Trinajstić information content (AvgIpc) is 3.92. The molecule has 0 radical (unpaired) electrons. The molecule has 9 nitrogen and oxygen atoms in total. The molecule has 2 atom stereocenters. The number of anilines is 2. The Morgan fingerprint density at radius 2 is 1.29 bits per heavy atom. The smallest absolute Gasteiger partial charge is 0.311 e. The first-order valence-corrected chi connectivity index (χ1v) is 20.2. The van der Waals surface area contributed by atoms with Crippen LogP contribution in [0, 0.1) is 10.8 Å². The zero-order chi connectivity index (χ0) is 37.0. The molecule has 278 valence electrons. The third-order valence-corrected chi connectivity index (χ3v) is 11.8. The highest BCUT2D eigenvalue weighted by Gasteiger charge is 2.30. The van der Waals surface area contributed by atoms with E-state index in [0.717, 1.165) is 66.2 Å². The van der Waals surface area contributed by atoms with E-state index in [0.29, 0.717) is 19.3 Å². The van der Waals surface area contributed by atoms with E-state index < -0.39 is 10.8 Å². The number of nitrogen functional groups attached to an aromatic ring is 1. The summed E-state index contributed by atoms with van der Waals surface area (Å²) in [5.74, 6) is 1.39. The molecule has 7 rings (SSSR count). The van der Waals surface area contributed by atoms with Gasteiger partial charge in [0.05, 0.1) is 33.0 Å². The first kappa shape index (κ1) is 38.2. The van der Waals surface area contributed by atoms with E-state index in [-0.39, 0.29) is 24.0 Å². The highest BCUT2D eigenvalue weighted by Crippen LogP contribution is 2.37. The van der Waals surface area contributed by atoms with Gasteiger partial charge in [-0.3, -0.25) is 19.6 Å². The normalized spacial score (nSPS) is 21.2. The number of rotatable bonds is 8. The SMILES string of the molecule is CC(C)(C)C(=O)OC[C@@H]1CSC(C2=Cc3cccc(N)c3C2)=N1.CC(C)(C)C(=O)OC[C@@H]1CSC(C2=Cc3cccc(NC4CCOCC4)c3C2)=N1. The van der Waals surface area contributed by atoms with Gasteiger partial charge in [-0.1, -0.05) is 24.3 Å². The van der Waals surface area contributed by atoms with Crippen LogP contribution >= 0.6 is 23.5 Å². The van der Waals surface area contributed by atoms with Gasteiger partial charge in [-0.05, 0) is 112 Å². The molecule has 0 spiro atoms. The van der Waals surface area contributed by atoms with E-state index in [1.807, 2.05) is 53.7 Å². The number of nitrogens with two attached hydrogens (primary N) is 1. The van der Waals surface area contributed by atoms with Crippen molar-refractivity contribution < 1.29 is 23.8 Å². The summed E-state index contributed by atoms with van der Waals surface area (Å²) in [5, 5.41) is 5.88. The lowest BCUT2D eigenvalue weighted by molar-refractivity contribution is -0.153. The average molecular weight is 745 g/mol. The molecule has 52 heavy (non-hydrogen) atoms. The fraction of sp³-hybridized carbons (Fsp3) is 0.512. The van der Waals surface area contributed by atoms with Crippen LogP contribution in [0.25, 0.3) is 12.2 Å². The van der Waals surface area contributed by atoms with E-state index >= 15 is 0 Å². The van der Waals surface area contributed by atoms with Crippen LogP contribution in [-0.2, 0) is 36.6 Å². The van der Waals surface area contributed by atoms with Crippen molar-refractivity contribution in [2.24, 2.45) is 20.8 Å². The molecule has 2 aromatic carbocycles. The summed E-state index contributed by atoms with van der Waals surface area (Å²) in [7, 11) is 0. The molecule has 2 aliphatic carbocycles. The van der Waals surface area contributed by atoms with Gasteiger partial charge in [0.1, 0.15) is 13.2 Å². The maximum absolute atomic E-state index is 12.0. The third-order valence-electron chi connectivity index (χ3n) is 9.45. The largest absolute Gasteiger partial charge is 0.463 e. The molecule has 0 aromatic heterocycles. The highest BCUT2D eigenvalue weighted by atomic mass is 32.2. The summed E-state index contributed by atoms with van der Waals surface area (Å²) < 4.78 is 16.3. The van der Waals surface area contributed by atoms with Crippen LogP contribution in [0.1, 0.15) is 76.6 Å². The number of benzene rings is 2. The van der Waals surface area contributed by atoms with Crippen molar-refractivity contribution in [3.05, 3.63) is 69.8 Å². The Labute approximate surface area is 316 Å². The number of ether oxygens (including phenoxy) is 3. The van der Waals surface area contributed by atoms with Crippen molar-refractivity contribution in [1.82, 2.24) is 0 Å². The molecule has 1 fully saturated rings. The van der Waals surface area contributed by atoms with Gasteiger partial charge < -0.3 is 25.3 Å². The maximum atomic E-state index is 12.0. The number of aliphatic imine (C=N–C) groups is 2. The predicted molar refractivity (Wildman–Crippen MR) is 216 cm³/mol. The molecule has 1 saturated heterocycles. The quantitative estimate of drug-likeness (QED) is 0.207. The zero-order valence-electron chi connectivity index (χ0n) is 31.3. The number of hydrogen-bond acceptors (Lipinski definition) is 11. The second-order valence-corrected chi connectivity index (χ2v) is 18.0. The fourth-order valence-corrected chi connectivity index (χ4v) is 8.48.